The van der Waals surface area contributed by atoms with Crippen molar-refractivity contribution in [2.75, 3.05) is 6.61 Å². The molecule has 0 radical (unpaired) electrons. The highest BCUT2D eigenvalue weighted by Gasteiger charge is 2.25. The summed E-state index contributed by atoms with van der Waals surface area (Å²) in [5.41, 5.74) is 1.41. The molecule has 19 heavy (non-hydrogen) atoms. The topological polar surface area (TPSA) is 68.5 Å². The van der Waals surface area contributed by atoms with E-state index in [9.17, 15) is 14.8 Å². The zero-order chi connectivity index (χ0) is 14.4. The van der Waals surface area contributed by atoms with Gasteiger partial charge in [-0.3, -0.25) is 4.79 Å². The van der Waals surface area contributed by atoms with E-state index in [1.165, 1.54) is 0 Å². The summed E-state index contributed by atoms with van der Waals surface area (Å²) in [6, 6.07) is 0. The van der Waals surface area contributed by atoms with Crippen LogP contribution in [0.4, 0.5) is 0 Å². The Morgan fingerprint density at radius 2 is 2.05 bits per heavy atom. The van der Waals surface area contributed by atoms with Gasteiger partial charge in [-0.05, 0) is 32.3 Å². The molecule has 0 atom stereocenters. The summed E-state index contributed by atoms with van der Waals surface area (Å²) in [6.07, 6.45) is 4.18. The number of ether oxygens (including phenoxy) is 1. The molecular formula is C14H21NO4. The summed E-state index contributed by atoms with van der Waals surface area (Å²) in [5.74, 6) is -0.604. The molecular weight excluding hydrogens is 246 g/mol. The minimum atomic E-state index is -0.604. The van der Waals surface area contributed by atoms with E-state index in [0.29, 0.717) is 29.5 Å². The van der Waals surface area contributed by atoms with Crippen LogP contribution in [0.2, 0.25) is 0 Å². The third-order valence-corrected chi connectivity index (χ3v) is 3.14. The third-order valence-electron chi connectivity index (χ3n) is 3.14. The minimum absolute atomic E-state index is 0.0513. The van der Waals surface area contributed by atoms with Gasteiger partial charge in [-0.1, -0.05) is 19.8 Å². The first-order valence-electron chi connectivity index (χ1n) is 6.64. The maximum atomic E-state index is 11.8. The molecule has 0 aliphatic carbocycles. The Balaban J connectivity index is 3.13. The number of carbonyl (C=O) groups excluding carboxylic acids is 2. The maximum absolute atomic E-state index is 11.8. The molecule has 0 spiro atoms. The molecule has 0 saturated heterocycles. The quantitative estimate of drug-likeness (QED) is 0.357. The van der Waals surface area contributed by atoms with Crippen LogP contribution in [0, 0.1) is 6.92 Å². The average molecular weight is 267 g/mol. The fourth-order valence-electron chi connectivity index (χ4n) is 2.13. The van der Waals surface area contributed by atoms with Crippen molar-refractivity contribution in [3.63, 3.8) is 0 Å². The summed E-state index contributed by atoms with van der Waals surface area (Å²) < 4.78 is 5.70. The van der Waals surface area contributed by atoms with Crippen molar-refractivity contribution in [2.24, 2.45) is 0 Å². The van der Waals surface area contributed by atoms with Crippen LogP contribution in [0.5, 0.6) is 0 Å². The Kier molecular flexibility index (Phi) is 5.60. The van der Waals surface area contributed by atoms with Gasteiger partial charge in [-0.25, -0.2) is 4.79 Å². The molecule has 1 aromatic rings. The van der Waals surface area contributed by atoms with Gasteiger partial charge in [0.1, 0.15) is 0 Å². The van der Waals surface area contributed by atoms with Crippen molar-refractivity contribution in [1.29, 1.82) is 0 Å². The summed E-state index contributed by atoms with van der Waals surface area (Å²) in [4.78, 5) is 22.9. The monoisotopic (exact) mass is 267 g/mol. The zero-order valence-electron chi connectivity index (χ0n) is 11.7. The molecule has 0 fully saturated rings. The van der Waals surface area contributed by atoms with Crippen LogP contribution >= 0.6 is 0 Å². The fraction of sp³-hybridized carbons (Fsp3) is 0.571. The van der Waals surface area contributed by atoms with Gasteiger partial charge in [0.05, 0.1) is 12.3 Å². The number of nitrogens with zero attached hydrogens (tertiary/aromatic N) is 1. The van der Waals surface area contributed by atoms with E-state index in [-0.39, 0.29) is 12.3 Å². The lowest BCUT2D eigenvalue weighted by atomic mass is 10.1. The molecule has 1 heterocycles. The third kappa shape index (κ3) is 3.16. The highest BCUT2D eigenvalue weighted by molar-refractivity contribution is 5.94. The SMILES string of the molecule is CCCCCc1c(C=O)c(C)c(C(=O)OCC)n1O. The standard InChI is InChI=1S/C14H21NO4/c1-4-6-7-8-12-11(9-16)10(3)13(15(12)18)14(17)19-5-2/h9,18H,4-8H2,1-3H3. The van der Waals surface area contributed by atoms with Crippen LogP contribution in [-0.2, 0) is 11.2 Å². The number of hydrogen-bond acceptors (Lipinski definition) is 4. The highest BCUT2D eigenvalue weighted by atomic mass is 16.5. The van der Waals surface area contributed by atoms with Crippen molar-refractivity contribution in [1.82, 2.24) is 4.73 Å². The number of aromatic nitrogens is 1. The maximum Gasteiger partial charge on any atom is 0.358 e. The van der Waals surface area contributed by atoms with Gasteiger partial charge < -0.3 is 9.94 Å². The Bertz CT molecular complexity index is 463. The second kappa shape index (κ2) is 6.97. The Hall–Kier alpha value is -1.78. The van der Waals surface area contributed by atoms with Crippen LogP contribution in [0.1, 0.15) is 65.2 Å². The van der Waals surface area contributed by atoms with E-state index in [0.717, 1.165) is 24.0 Å². The van der Waals surface area contributed by atoms with Crippen LogP contribution in [0.15, 0.2) is 0 Å². The molecule has 0 aliphatic heterocycles. The number of unbranched alkanes of at least 4 members (excludes halogenated alkanes) is 2. The van der Waals surface area contributed by atoms with Gasteiger partial charge in [0.15, 0.2) is 12.0 Å². The van der Waals surface area contributed by atoms with E-state index in [4.69, 9.17) is 4.74 Å². The van der Waals surface area contributed by atoms with Crippen molar-refractivity contribution < 1.29 is 19.5 Å². The molecule has 0 bridgehead atoms. The minimum Gasteiger partial charge on any atom is -0.461 e. The number of rotatable bonds is 7. The van der Waals surface area contributed by atoms with E-state index in [2.05, 4.69) is 6.92 Å². The van der Waals surface area contributed by atoms with Crippen molar-refractivity contribution in [2.45, 2.75) is 46.5 Å². The Morgan fingerprint density at radius 1 is 1.37 bits per heavy atom. The Labute approximate surface area is 113 Å². The molecule has 0 unspecified atom stereocenters. The van der Waals surface area contributed by atoms with Gasteiger partial charge in [-0.2, -0.15) is 4.73 Å². The Morgan fingerprint density at radius 3 is 2.58 bits per heavy atom. The average Bonchev–Trinajstić information content (AvgIpc) is 2.61. The van der Waals surface area contributed by atoms with Gasteiger partial charge in [-0.15, -0.1) is 0 Å². The predicted molar refractivity (Wildman–Crippen MR) is 70.9 cm³/mol. The number of carbonyl (C=O) groups is 2. The molecule has 0 aliphatic rings. The molecule has 0 aromatic carbocycles. The number of aldehydes is 1. The summed E-state index contributed by atoms with van der Waals surface area (Å²) in [7, 11) is 0. The lowest BCUT2D eigenvalue weighted by molar-refractivity contribution is 0.0470. The zero-order valence-corrected chi connectivity index (χ0v) is 11.7. The molecule has 106 valence electrons. The highest BCUT2D eigenvalue weighted by Crippen LogP contribution is 2.22. The largest absolute Gasteiger partial charge is 0.461 e. The molecule has 0 saturated carbocycles. The molecule has 1 aromatic heterocycles. The number of esters is 1. The predicted octanol–water partition coefficient (Wildman–Crippen LogP) is 2.76. The molecule has 5 heteroatoms. The van der Waals surface area contributed by atoms with Crippen LogP contribution < -0.4 is 0 Å². The lowest BCUT2D eigenvalue weighted by Gasteiger charge is -2.06. The second-order valence-electron chi connectivity index (χ2n) is 4.44. The fourth-order valence-corrected chi connectivity index (χ4v) is 2.13. The van der Waals surface area contributed by atoms with Gasteiger partial charge >= 0.3 is 5.97 Å². The molecule has 0 amide bonds. The van der Waals surface area contributed by atoms with E-state index < -0.39 is 5.97 Å². The first-order chi connectivity index (χ1) is 9.08. The van der Waals surface area contributed by atoms with E-state index in [1.54, 1.807) is 13.8 Å². The molecule has 5 nitrogen and oxygen atoms in total. The summed E-state index contributed by atoms with van der Waals surface area (Å²) in [6.45, 7) is 5.64. The lowest BCUT2D eigenvalue weighted by Crippen LogP contribution is -2.13. The first-order valence-corrected chi connectivity index (χ1v) is 6.64. The van der Waals surface area contributed by atoms with Gasteiger partial charge in [0.2, 0.25) is 0 Å². The summed E-state index contributed by atoms with van der Waals surface area (Å²) in [5, 5.41) is 10.1. The summed E-state index contributed by atoms with van der Waals surface area (Å²) >= 11 is 0. The van der Waals surface area contributed by atoms with Gasteiger partial charge in [0.25, 0.3) is 0 Å². The first kappa shape index (κ1) is 15.3. The van der Waals surface area contributed by atoms with Gasteiger partial charge in [0, 0.05) is 5.56 Å². The second-order valence-corrected chi connectivity index (χ2v) is 4.44. The molecule has 1 rings (SSSR count). The normalized spacial score (nSPS) is 10.5. The van der Waals surface area contributed by atoms with Crippen LogP contribution in [0.25, 0.3) is 0 Å². The van der Waals surface area contributed by atoms with Crippen molar-refractivity contribution in [3.8, 4) is 0 Å². The van der Waals surface area contributed by atoms with E-state index >= 15 is 0 Å². The smallest absolute Gasteiger partial charge is 0.358 e. The van der Waals surface area contributed by atoms with Crippen LogP contribution in [0.3, 0.4) is 0 Å². The van der Waals surface area contributed by atoms with Crippen LogP contribution in [-0.4, -0.2) is 28.8 Å². The number of hydrogen-bond donors (Lipinski definition) is 1. The molecule has 1 N–H and O–H groups in total. The van der Waals surface area contributed by atoms with E-state index in [1.807, 2.05) is 0 Å². The van der Waals surface area contributed by atoms with Crippen molar-refractivity contribution >= 4 is 12.3 Å². The van der Waals surface area contributed by atoms with Crippen molar-refractivity contribution in [3.05, 3.63) is 22.5 Å².